The Bertz CT molecular complexity index is 1220. The molecule has 2 aliphatic rings. The number of aromatic nitrogens is 2. The van der Waals surface area contributed by atoms with Gasteiger partial charge in [0, 0.05) is 37.6 Å². The summed E-state index contributed by atoms with van der Waals surface area (Å²) in [5, 5.41) is 7.49. The molecular weight excluding hydrogens is 436 g/mol. The lowest BCUT2D eigenvalue weighted by Crippen LogP contribution is -2.32. The molecule has 1 atom stereocenters. The van der Waals surface area contributed by atoms with Crippen LogP contribution in [0.15, 0.2) is 42.5 Å². The fraction of sp³-hybridized carbons (Fsp3) is 0.423. The van der Waals surface area contributed by atoms with Gasteiger partial charge in [-0.05, 0) is 73.8 Å². The van der Waals surface area contributed by atoms with Gasteiger partial charge in [-0.3, -0.25) is 4.79 Å². The molecule has 1 heterocycles. The van der Waals surface area contributed by atoms with E-state index in [1.807, 2.05) is 43.3 Å². The minimum absolute atomic E-state index is 0.105. The lowest BCUT2D eigenvalue weighted by molar-refractivity contribution is 0.0939. The molecule has 2 fully saturated rings. The van der Waals surface area contributed by atoms with Crippen LogP contribution >= 0.6 is 0 Å². The van der Waals surface area contributed by atoms with E-state index >= 15 is 0 Å². The number of carbonyl (C=O) groups is 1. The summed E-state index contributed by atoms with van der Waals surface area (Å²) < 4.78 is 26.6. The summed E-state index contributed by atoms with van der Waals surface area (Å²) in [6.07, 6.45) is 5.17. The van der Waals surface area contributed by atoms with Crippen LogP contribution in [0.2, 0.25) is 0 Å². The van der Waals surface area contributed by atoms with E-state index in [4.69, 9.17) is 4.98 Å². The molecule has 0 aliphatic heterocycles. The maximum absolute atomic E-state index is 13.4. The number of benzene rings is 2. The first kappa shape index (κ1) is 22.5. The van der Waals surface area contributed by atoms with Crippen LogP contribution in [-0.2, 0) is 0 Å². The summed E-state index contributed by atoms with van der Waals surface area (Å²) in [7, 11) is 3.97. The third-order valence-electron chi connectivity index (χ3n) is 7.33. The van der Waals surface area contributed by atoms with Crippen molar-refractivity contribution < 1.29 is 13.6 Å². The standard InChI is InChI=1S/C26H29F2N5O/c1-33(2)23-18-5-3-4-6-21(18)30-25(32-23)29-15-16-9-11-26(12-10-16)14-22(26)31-24(34)17-7-8-19(27)20(28)13-17/h3-8,13,16,22H,9-12,14-15H2,1-2H3,(H,31,34)(H,29,30,32)/t16?,22-,26?/m1/s1. The van der Waals surface area contributed by atoms with E-state index in [0.717, 1.165) is 67.5 Å². The van der Waals surface area contributed by atoms with E-state index in [1.54, 1.807) is 0 Å². The highest BCUT2D eigenvalue weighted by Gasteiger charge is 2.55. The SMILES string of the molecule is CN(C)c1nc(NCC2CCC3(CC2)C[C@H]3NC(=O)c2ccc(F)c(F)c2)nc2ccccc12. The molecule has 2 aliphatic carbocycles. The van der Waals surface area contributed by atoms with E-state index in [-0.39, 0.29) is 22.9 Å². The summed E-state index contributed by atoms with van der Waals surface area (Å²) in [5.41, 5.74) is 1.22. The van der Waals surface area contributed by atoms with Gasteiger partial charge in [0.1, 0.15) is 5.82 Å². The number of nitrogens with zero attached hydrogens (tertiary/aromatic N) is 3. The predicted octanol–water partition coefficient (Wildman–Crippen LogP) is 4.76. The molecule has 2 aromatic carbocycles. The molecular formula is C26H29F2N5O. The summed E-state index contributed by atoms with van der Waals surface area (Å²) in [4.78, 5) is 23.8. The van der Waals surface area contributed by atoms with Crippen molar-refractivity contribution in [2.75, 3.05) is 30.9 Å². The van der Waals surface area contributed by atoms with Crippen molar-refractivity contribution >= 4 is 28.6 Å². The number of rotatable bonds is 6. The molecule has 0 unspecified atom stereocenters. The van der Waals surface area contributed by atoms with Crippen LogP contribution in [0.3, 0.4) is 0 Å². The predicted molar refractivity (Wildman–Crippen MR) is 129 cm³/mol. The number of halogens is 2. The van der Waals surface area contributed by atoms with E-state index in [9.17, 15) is 13.6 Å². The molecule has 2 N–H and O–H groups in total. The van der Waals surface area contributed by atoms with E-state index in [2.05, 4.69) is 15.6 Å². The van der Waals surface area contributed by atoms with Crippen molar-refractivity contribution in [3.05, 3.63) is 59.7 Å². The summed E-state index contributed by atoms with van der Waals surface area (Å²) in [6, 6.07) is 11.4. The molecule has 5 rings (SSSR count). The topological polar surface area (TPSA) is 70.2 Å². The Labute approximate surface area is 197 Å². The average Bonchev–Trinajstić information content (AvgIpc) is 3.50. The maximum atomic E-state index is 13.4. The number of nitrogens with one attached hydrogen (secondary N) is 2. The summed E-state index contributed by atoms with van der Waals surface area (Å²) in [5.74, 6) is -0.224. The van der Waals surface area contributed by atoms with Crippen LogP contribution in [0.1, 0.15) is 42.5 Å². The van der Waals surface area contributed by atoms with Gasteiger partial charge in [-0.1, -0.05) is 12.1 Å². The second kappa shape index (κ2) is 8.81. The number of hydrogen-bond acceptors (Lipinski definition) is 5. The highest BCUT2D eigenvalue weighted by atomic mass is 19.2. The minimum Gasteiger partial charge on any atom is -0.362 e. The first-order valence-corrected chi connectivity index (χ1v) is 11.8. The van der Waals surface area contributed by atoms with Gasteiger partial charge in [0.2, 0.25) is 5.95 Å². The van der Waals surface area contributed by atoms with E-state index in [1.165, 1.54) is 6.07 Å². The fourth-order valence-corrected chi connectivity index (χ4v) is 5.16. The monoisotopic (exact) mass is 465 g/mol. The van der Waals surface area contributed by atoms with Gasteiger partial charge >= 0.3 is 0 Å². The molecule has 178 valence electrons. The Hall–Kier alpha value is -3.29. The molecule has 8 heteroatoms. The number of amides is 1. The number of anilines is 2. The fourth-order valence-electron chi connectivity index (χ4n) is 5.16. The van der Waals surface area contributed by atoms with Gasteiger partial charge in [-0.25, -0.2) is 13.8 Å². The van der Waals surface area contributed by atoms with Crippen molar-refractivity contribution in [3.8, 4) is 0 Å². The largest absolute Gasteiger partial charge is 0.362 e. The summed E-state index contributed by atoms with van der Waals surface area (Å²) >= 11 is 0. The lowest BCUT2D eigenvalue weighted by atomic mass is 9.79. The molecule has 2 saturated carbocycles. The maximum Gasteiger partial charge on any atom is 0.251 e. The Kier molecular flexibility index (Phi) is 5.83. The molecule has 34 heavy (non-hydrogen) atoms. The van der Waals surface area contributed by atoms with Gasteiger partial charge in [0.15, 0.2) is 11.6 Å². The molecule has 1 spiro atoms. The number of fused-ring (bicyclic) bond motifs is 1. The molecule has 0 saturated heterocycles. The van der Waals surface area contributed by atoms with Gasteiger partial charge in [0.25, 0.3) is 5.91 Å². The normalized spacial score (nSPS) is 23.6. The zero-order valence-electron chi connectivity index (χ0n) is 19.4. The highest BCUT2D eigenvalue weighted by molar-refractivity contribution is 5.94. The summed E-state index contributed by atoms with van der Waals surface area (Å²) in [6.45, 7) is 0.813. The zero-order valence-corrected chi connectivity index (χ0v) is 19.4. The lowest BCUT2D eigenvalue weighted by Gasteiger charge is -2.29. The van der Waals surface area contributed by atoms with Crippen LogP contribution in [0.5, 0.6) is 0 Å². The van der Waals surface area contributed by atoms with Crippen molar-refractivity contribution in [2.45, 2.75) is 38.1 Å². The van der Waals surface area contributed by atoms with Crippen LogP contribution in [-0.4, -0.2) is 42.6 Å². The molecule has 0 radical (unpaired) electrons. The smallest absolute Gasteiger partial charge is 0.251 e. The number of para-hydroxylation sites is 1. The quantitative estimate of drug-likeness (QED) is 0.549. The Morgan fingerprint density at radius 2 is 1.85 bits per heavy atom. The van der Waals surface area contributed by atoms with E-state index < -0.39 is 11.6 Å². The zero-order chi connectivity index (χ0) is 23.9. The Balaban J connectivity index is 1.15. The Morgan fingerprint density at radius 3 is 2.59 bits per heavy atom. The average molecular weight is 466 g/mol. The second-order valence-electron chi connectivity index (χ2n) is 9.83. The van der Waals surface area contributed by atoms with Crippen molar-refractivity contribution in [2.24, 2.45) is 11.3 Å². The second-order valence-corrected chi connectivity index (χ2v) is 9.83. The van der Waals surface area contributed by atoms with Crippen molar-refractivity contribution in [3.63, 3.8) is 0 Å². The molecule has 6 nitrogen and oxygen atoms in total. The van der Waals surface area contributed by atoms with Gasteiger partial charge in [-0.15, -0.1) is 0 Å². The Morgan fingerprint density at radius 1 is 1.09 bits per heavy atom. The first-order valence-electron chi connectivity index (χ1n) is 11.8. The van der Waals surface area contributed by atoms with Crippen LogP contribution in [0, 0.1) is 23.0 Å². The third-order valence-corrected chi connectivity index (χ3v) is 7.33. The third kappa shape index (κ3) is 4.41. The molecule has 1 amide bonds. The van der Waals surface area contributed by atoms with Gasteiger partial charge < -0.3 is 15.5 Å². The van der Waals surface area contributed by atoms with Crippen LogP contribution in [0.4, 0.5) is 20.5 Å². The van der Waals surface area contributed by atoms with Gasteiger partial charge in [-0.2, -0.15) is 4.98 Å². The van der Waals surface area contributed by atoms with Gasteiger partial charge in [0.05, 0.1) is 5.52 Å². The van der Waals surface area contributed by atoms with E-state index in [0.29, 0.717) is 11.9 Å². The van der Waals surface area contributed by atoms with Crippen molar-refractivity contribution in [1.29, 1.82) is 0 Å². The molecule has 1 aromatic heterocycles. The number of carbonyl (C=O) groups excluding carboxylic acids is 1. The van der Waals surface area contributed by atoms with Crippen molar-refractivity contribution in [1.82, 2.24) is 15.3 Å². The number of hydrogen-bond donors (Lipinski definition) is 2. The molecule has 3 aromatic rings. The van der Waals surface area contributed by atoms with Crippen LogP contribution < -0.4 is 15.5 Å². The first-order chi connectivity index (χ1) is 16.3. The molecule has 0 bridgehead atoms. The minimum atomic E-state index is -1.00. The van der Waals surface area contributed by atoms with Crippen LogP contribution in [0.25, 0.3) is 10.9 Å². The highest BCUT2D eigenvalue weighted by Crippen LogP contribution is 2.57.